The number of carbonyl (C=O) groups is 1. The summed E-state index contributed by atoms with van der Waals surface area (Å²) in [6.45, 7) is 1.86. The summed E-state index contributed by atoms with van der Waals surface area (Å²) in [7, 11) is 3.11. The number of anilines is 1. The van der Waals surface area contributed by atoms with Gasteiger partial charge in [0, 0.05) is 23.1 Å². The quantitative estimate of drug-likeness (QED) is 0.793. The van der Waals surface area contributed by atoms with E-state index < -0.39 is 5.72 Å². The summed E-state index contributed by atoms with van der Waals surface area (Å²) in [4.78, 5) is 14.5. The minimum atomic E-state index is -0.920. The minimum absolute atomic E-state index is 0.237. The molecule has 0 radical (unpaired) electrons. The van der Waals surface area contributed by atoms with E-state index in [0.29, 0.717) is 39.4 Å². The summed E-state index contributed by atoms with van der Waals surface area (Å²) in [6, 6.07) is 8.18. The van der Waals surface area contributed by atoms with Gasteiger partial charge in [0.05, 0.1) is 31.0 Å². The number of methoxy groups -OCH3 is 2. The molecule has 142 valence electrons. The van der Waals surface area contributed by atoms with E-state index in [1.54, 1.807) is 49.5 Å². The normalized spacial score (nSPS) is 23.2. The SMILES string of the molecule is COc1ccc(N2C(=O)N[C@@H]3C[C@@]2(C)Oc2c(Cl)cc(Cl)cc23)cc1OC. The van der Waals surface area contributed by atoms with Crippen molar-refractivity contribution in [3.8, 4) is 17.2 Å². The number of rotatable bonds is 3. The van der Waals surface area contributed by atoms with Gasteiger partial charge in [-0.05, 0) is 31.2 Å². The van der Waals surface area contributed by atoms with Crippen LogP contribution in [-0.2, 0) is 0 Å². The third-order valence-electron chi connectivity index (χ3n) is 4.92. The van der Waals surface area contributed by atoms with Crippen LogP contribution in [-0.4, -0.2) is 26.0 Å². The first-order valence-electron chi connectivity index (χ1n) is 8.37. The Kier molecular flexibility index (Phi) is 4.28. The van der Waals surface area contributed by atoms with E-state index in [-0.39, 0.29) is 12.1 Å². The van der Waals surface area contributed by atoms with Gasteiger partial charge in [-0.15, -0.1) is 0 Å². The molecule has 0 spiro atoms. The van der Waals surface area contributed by atoms with Gasteiger partial charge in [0.2, 0.25) is 0 Å². The van der Waals surface area contributed by atoms with Crippen molar-refractivity contribution in [2.24, 2.45) is 0 Å². The second kappa shape index (κ2) is 6.39. The lowest BCUT2D eigenvalue weighted by molar-refractivity contribution is 0.0379. The van der Waals surface area contributed by atoms with Crippen LogP contribution in [0.25, 0.3) is 0 Å². The highest BCUT2D eigenvalue weighted by atomic mass is 35.5. The number of amides is 2. The molecule has 0 saturated carbocycles. The van der Waals surface area contributed by atoms with Gasteiger partial charge < -0.3 is 19.5 Å². The average molecular weight is 409 g/mol. The largest absolute Gasteiger partial charge is 0.493 e. The first-order chi connectivity index (χ1) is 12.9. The van der Waals surface area contributed by atoms with Crippen molar-refractivity contribution in [3.63, 3.8) is 0 Å². The van der Waals surface area contributed by atoms with Gasteiger partial charge in [0.25, 0.3) is 0 Å². The van der Waals surface area contributed by atoms with Crippen LogP contribution in [0.3, 0.4) is 0 Å². The lowest BCUT2D eigenvalue weighted by atomic mass is 9.90. The van der Waals surface area contributed by atoms with Gasteiger partial charge in [-0.2, -0.15) is 0 Å². The van der Waals surface area contributed by atoms with E-state index in [1.807, 2.05) is 6.92 Å². The van der Waals surface area contributed by atoms with Gasteiger partial charge >= 0.3 is 6.03 Å². The maximum atomic E-state index is 12.9. The Hall–Kier alpha value is -2.31. The molecule has 4 rings (SSSR count). The second-order valence-corrected chi connectivity index (χ2v) is 7.51. The Morgan fingerprint density at radius 3 is 2.63 bits per heavy atom. The number of carbonyl (C=O) groups excluding carboxylic acids is 1. The predicted octanol–water partition coefficient (Wildman–Crippen LogP) is 4.78. The number of benzene rings is 2. The minimum Gasteiger partial charge on any atom is -0.493 e. The third kappa shape index (κ3) is 2.84. The van der Waals surface area contributed by atoms with Crippen molar-refractivity contribution in [2.75, 3.05) is 19.1 Å². The fraction of sp³-hybridized carbons (Fsp3) is 0.316. The third-order valence-corrected chi connectivity index (χ3v) is 5.42. The Labute approximate surface area is 166 Å². The first kappa shape index (κ1) is 18.1. The summed E-state index contributed by atoms with van der Waals surface area (Å²) >= 11 is 12.5. The van der Waals surface area contributed by atoms with Crippen LogP contribution < -0.4 is 24.4 Å². The molecular formula is C19H18Cl2N2O4. The van der Waals surface area contributed by atoms with Crippen LogP contribution in [0.5, 0.6) is 17.2 Å². The average Bonchev–Trinajstić information content (AvgIpc) is 2.62. The maximum absolute atomic E-state index is 12.9. The van der Waals surface area contributed by atoms with Crippen LogP contribution >= 0.6 is 23.2 Å². The Morgan fingerprint density at radius 2 is 1.93 bits per heavy atom. The molecule has 0 unspecified atom stereocenters. The number of hydrogen-bond acceptors (Lipinski definition) is 4. The highest BCUT2D eigenvalue weighted by Gasteiger charge is 2.50. The molecule has 2 bridgehead atoms. The van der Waals surface area contributed by atoms with E-state index in [4.69, 9.17) is 37.4 Å². The first-order valence-corrected chi connectivity index (χ1v) is 9.12. The zero-order valence-electron chi connectivity index (χ0n) is 15.0. The molecule has 1 fully saturated rings. The van der Waals surface area contributed by atoms with Crippen LogP contribution in [0.15, 0.2) is 30.3 Å². The fourth-order valence-electron chi connectivity index (χ4n) is 3.75. The van der Waals surface area contributed by atoms with Crippen LogP contribution in [0, 0.1) is 0 Å². The Morgan fingerprint density at radius 1 is 1.19 bits per heavy atom. The Balaban J connectivity index is 1.80. The van der Waals surface area contributed by atoms with Gasteiger partial charge in [-0.1, -0.05) is 23.2 Å². The molecular weight excluding hydrogens is 391 g/mol. The summed E-state index contributed by atoms with van der Waals surface area (Å²) in [5.74, 6) is 1.63. The number of halogens is 2. The number of urea groups is 1. The summed E-state index contributed by atoms with van der Waals surface area (Å²) < 4.78 is 16.9. The molecule has 27 heavy (non-hydrogen) atoms. The Bertz CT molecular complexity index is 936. The molecule has 2 aromatic rings. The molecule has 2 aliphatic heterocycles. The van der Waals surface area contributed by atoms with Crippen molar-refractivity contribution in [1.29, 1.82) is 0 Å². The summed E-state index contributed by atoms with van der Waals surface area (Å²) in [5, 5.41) is 3.93. The molecule has 0 aromatic heterocycles. The van der Waals surface area contributed by atoms with E-state index in [2.05, 4.69) is 5.32 Å². The van der Waals surface area contributed by atoms with Gasteiger partial charge in [-0.25, -0.2) is 4.79 Å². The van der Waals surface area contributed by atoms with Gasteiger partial charge in [0.1, 0.15) is 5.75 Å². The van der Waals surface area contributed by atoms with Crippen LogP contribution in [0.1, 0.15) is 24.9 Å². The smallest absolute Gasteiger partial charge is 0.325 e. The molecule has 2 heterocycles. The number of nitrogens with one attached hydrogen (secondary N) is 1. The van der Waals surface area contributed by atoms with Crippen LogP contribution in [0.4, 0.5) is 10.5 Å². The number of fused-ring (bicyclic) bond motifs is 4. The molecule has 6 nitrogen and oxygen atoms in total. The van der Waals surface area contributed by atoms with Crippen molar-refractivity contribution < 1.29 is 19.0 Å². The zero-order chi connectivity index (χ0) is 19.3. The van der Waals surface area contributed by atoms with E-state index in [1.165, 1.54) is 0 Å². The van der Waals surface area contributed by atoms with E-state index in [9.17, 15) is 4.79 Å². The number of nitrogens with zero attached hydrogens (tertiary/aromatic N) is 1. The molecule has 1 N–H and O–H groups in total. The zero-order valence-corrected chi connectivity index (χ0v) is 16.5. The number of hydrogen-bond donors (Lipinski definition) is 1. The molecule has 0 aliphatic carbocycles. The lowest BCUT2D eigenvalue weighted by Gasteiger charge is -2.50. The maximum Gasteiger partial charge on any atom is 0.325 e. The number of ether oxygens (including phenoxy) is 3. The summed E-state index contributed by atoms with van der Waals surface area (Å²) in [6.07, 6.45) is 0.538. The fourth-order valence-corrected chi connectivity index (χ4v) is 4.29. The molecule has 2 aliphatic rings. The van der Waals surface area contributed by atoms with Gasteiger partial charge in [0.15, 0.2) is 17.2 Å². The monoisotopic (exact) mass is 408 g/mol. The summed E-state index contributed by atoms with van der Waals surface area (Å²) in [5.41, 5.74) is 0.488. The second-order valence-electron chi connectivity index (χ2n) is 6.66. The van der Waals surface area contributed by atoms with Crippen LogP contribution in [0.2, 0.25) is 10.0 Å². The van der Waals surface area contributed by atoms with Crippen molar-refractivity contribution >= 4 is 34.9 Å². The van der Waals surface area contributed by atoms with Crippen molar-refractivity contribution in [2.45, 2.75) is 25.1 Å². The standard InChI is InChI=1S/C19H18Cl2N2O4/c1-19-9-14(12-6-10(20)7-13(21)17(12)27-19)22-18(24)23(19)11-4-5-15(25-2)16(8-11)26-3/h4-8,14H,9H2,1-3H3,(H,22,24)/t14-,19-/m1/s1. The predicted molar refractivity (Wildman–Crippen MR) is 103 cm³/mol. The molecule has 8 heteroatoms. The van der Waals surface area contributed by atoms with Crippen molar-refractivity contribution in [3.05, 3.63) is 45.9 Å². The van der Waals surface area contributed by atoms with E-state index in [0.717, 1.165) is 5.56 Å². The molecule has 1 saturated heterocycles. The molecule has 2 amide bonds. The topological polar surface area (TPSA) is 60.0 Å². The van der Waals surface area contributed by atoms with Gasteiger partial charge in [-0.3, -0.25) is 4.90 Å². The molecule has 2 aromatic carbocycles. The highest BCUT2D eigenvalue weighted by Crippen LogP contribution is 2.49. The molecule has 2 atom stereocenters. The lowest BCUT2D eigenvalue weighted by Crippen LogP contribution is -2.65. The van der Waals surface area contributed by atoms with E-state index >= 15 is 0 Å². The highest BCUT2D eigenvalue weighted by molar-refractivity contribution is 6.35. The van der Waals surface area contributed by atoms with Crippen molar-refractivity contribution in [1.82, 2.24) is 5.32 Å².